The van der Waals surface area contributed by atoms with Crippen LogP contribution in [-0.2, 0) is 11.2 Å². The van der Waals surface area contributed by atoms with Crippen molar-refractivity contribution >= 4 is 17.0 Å². The minimum Gasteiger partial charge on any atom is -0.381 e. The zero-order chi connectivity index (χ0) is 23.4. The van der Waals surface area contributed by atoms with Gasteiger partial charge in [-0.1, -0.05) is 13.0 Å². The van der Waals surface area contributed by atoms with E-state index in [0.29, 0.717) is 0 Å². The Labute approximate surface area is 198 Å². The van der Waals surface area contributed by atoms with E-state index in [2.05, 4.69) is 59.6 Å². The lowest BCUT2D eigenvalue weighted by atomic mass is 10.1. The average molecular weight is 450 g/mol. The Morgan fingerprint density at radius 3 is 2.39 bits per heavy atom. The summed E-state index contributed by atoms with van der Waals surface area (Å²) in [6, 6.07) is 8.60. The van der Waals surface area contributed by atoms with E-state index in [0.717, 1.165) is 49.2 Å². The molecule has 6 heteroatoms. The molecule has 3 aromatic heterocycles. The van der Waals surface area contributed by atoms with Gasteiger partial charge in [-0.25, -0.2) is 9.50 Å². The number of fused-ring (bicyclic) bond motifs is 1. The molecule has 1 aliphatic heterocycles. The maximum atomic E-state index is 5.07. The van der Waals surface area contributed by atoms with Gasteiger partial charge in [0.2, 0.25) is 0 Å². The summed E-state index contributed by atoms with van der Waals surface area (Å²) in [6.07, 6.45) is 9.56. The number of anilines is 2. The molecule has 6 nitrogen and oxygen atoms in total. The predicted octanol–water partition coefficient (Wildman–Crippen LogP) is 5.37. The summed E-state index contributed by atoms with van der Waals surface area (Å²) in [7, 11) is 6.25. The molecule has 5 rings (SSSR count). The zero-order valence-electron chi connectivity index (χ0n) is 21.0. The molecule has 0 bridgehead atoms. The van der Waals surface area contributed by atoms with Gasteiger partial charge in [0.15, 0.2) is 0 Å². The number of nitrogens with zero attached hydrogens (tertiary/aromatic N) is 5. The Bertz CT molecular complexity index is 1050. The van der Waals surface area contributed by atoms with Crippen molar-refractivity contribution in [3.05, 3.63) is 41.7 Å². The van der Waals surface area contributed by atoms with Gasteiger partial charge < -0.3 is 14.5 Å². The Balaban J connectivity index is 0.000000376. The summed E-state index contributed by atoms with van der Waals surface area (Å²) in [5.41, 5.74) is 7.07. The summed E-state index contributed by atoms with van der Waals surface area (Å²) in [4.78, 5) is 9.07. The second-order valence-corrected chi connectivity index (χ2v) is 9.61. The molecule has 0 N–H and O–H groups in total. The van der Waals surface area contributed by atoms with E-state index in [9.17, 15) is 0 Å². The van der Waals surface area contributed by atoms with E-state index in [1.807, 2.05) is 25.2 Å². The highest BCUT2D eigenvalue weighted by atomic mass is 16.5. The van der Waals surface area contributed by atoms with Crippen molar-refractivity contribution in [1.29, 1.82) is 0 Å². The molecule has 4 heterocycles. The number of pyridine rings is 2. The van der Waals surface area contributed by atoms with Crippen molar-refractivity contribution < 1.29 is 4.74 Å². The molecular formula is C27H39N5O. The molecule has 1 aliphatic carbocycles. The first-order chi connectivity index (χ1) is 16.0. The maximum absolute atomic E-state index is 5.07. The SMILES string of the molecule is C1CCOCC1.CCc1nn2c(-c3cnc(N(C)C)cc3C)cccc2c1N(C)CC1CC1. The van der Waals surface area contributed by atoms with Gasteiger partial charge in [0.05, 0.1) is 22.6 Å². The van der Waals surface area contributed by atoms with Gasteiger partial charge in [-0.3, -0.25) is 0 Å². The summed E-state index contributed by atoms with van der Waals surface area (Å²) in [5, 5.41) is 4.99. The van der Waals surface area contributed by atoms with Crippen LogP contribution in [0.4, 0.5) is 11.5 Å². The van der Waals surface area contributed by atoms with E-state index in [-0.39, 0.29) is 0 Å². The van der Waals surface area contributed by atoms with Crippen LogP contribution in [0, 0.1) is 12.8 Å². The molecule has 3 aromatic rings. The molecule has 0 atom stereocenters. The maximum Gasteiger partial charge on any atom is 0.128 e. The molecule has 0 spiro atoms. The van der Waals surface area contributed by atoms with Crippen molar-refractivity contribution in [2.45, 2.75) is 52.4 Å². The Hall–Kier alpha value is -2.60. The van der Waals surface area contributed by atoms with Crippen LogP contribution in [0.25, 0.3) is 16.8 Å². The Morgan fingerprint density at radius 1 is 1.09 bits per heavy atom. The highest BCUT2D eigenvalue weighted by Gasteiger charge is 2.26. The molecule has 0 aromatic carbocycles. The topological polar surface area (TPSA) is 45.9 Å². The lowest BCUT2D eigenvalue weighted by Gasteiger charge is -2.19. The minimum atomic E-state index is 0.850. The van der Waals surface area contributed by atoms with Crippen LogP contribution < -0.4 is 9.80 Å². The second-order valence-electron chi connectivity index (χ2n) is 9.61. The fourth-order valence-electron chi connectivity index (χ4n) is 4.48. The first-order valence-electron chi connectivity index (χ1n) is 12.4. The summed E-state index contributed by atoms with van der Waals surface area (Å²) < 4.78 is 7.18. The van der Waals surface area contributed by atoms with Crippen LogP contribution in [0.5, 0.6) is 0 Å². The monoisotopic (exact) mass is 449 g/mol. The van der Waals surface area contributed by atoms with E-state index >= 15 is 0 Å². The third-order valence-corrected chi connectivity index (χ3v) is 6.55. The number of aromatic nitrogens is 3. The standard InChI is InChI=1S/C22H29N5.C5H10O/c1-6-18-22(26(5)14-16-10-11-16)20-9-7-8-19(27(20)24-18)17-13-23-21(25(3)4)12-15(17)2;1-2-4-6-5-3-1/h7-9,12-13,16H,6,10-11,14H2,1-5H3;1-5H2. The molecule has 0 radical (unpaired) electrons. The second kappa shape index (κ2) is 10.6. The molecule has 2 fully saturated rings. The molecular weight excluding hydrogens is 410 g/mol. The number of ether oxygens (including phenoxy) is 1. The fourth-order valence-corrected chi connectivity index (χ4v) is 4.48. The minimum absolute atomic E-state index is 0.850. The molecule has 0 amide bonds. The third kappa shape index (κ3) is 5.49. The highest BCUT2D eigenvalue weighted by molar-refractivity contribution is 5.79. The first kappa shape index (κ1) is 23.6. The fraction of sp³-hybridized carbons (Fsp3) is 0.556. The largest absolute Gasteiger partial charge is 0.381 e. The average Bonchev–Trinajstić information content (AvgIpc) is 3.56. The van der Waals surface area contributed by atoms with Gasteiger partial charge in [-0.05, 0) is 75.1 Å². The summed E-state index contributed by atoms with van der Waals surface area (Å²) in [6.45, 7) is 7.46. The quantitative estimate of drug-likeness (QED) is 0.506. The summed E-state index contributed by atoms with van der Waals surface area (Å²) in [5.74, 6) is 1.82. The lowest BCUT2D eigenvalue weighted by Crippen LogP contribution is -2.20. The van der Waals surface area contributed by atoms with Crippen molar-refractivity contribution in [1.82, 2.24) is 14.6 Å². The van der Waals surface area contributed by atoms with Crippen molar-refractivity contribution in [2.24, 2.45) is 5.92 Å². The number of aryl methyl sites for hydroxylation is 2. The van der Waals surface area contributed by atoms with E-state index in [1.54, 1.807) is 0 Å². The van der Waals surface area contributed by atoms with Crippen LogP contribution in [0.2, 0.25) is 0 Å². The predicted molar refractivity (Wildman–Crippen MR) is 138 cm³/mol. The third-order valence-electron chi connectivity index (χ3n) is 6.55. The van der Waals surface area contributed by atoms with Crippen molar-refractivity contribution in [3.8, 4) is 11.3 Å². The molecule has 0 unspecified atom stereocenters. The van der Waals surface area contributed by atoms with Crippen LogP contribution in [0.1, 0.15) is 50.3 Å². The molecule has 33 heavy (non-hydrogen) atoms. The van der Waals surface area contributed by atoms with Crippen molar-refractivity contribution in [3.63, 3.8) is 0 Å². The molecule has 178 valence electrons. The summed E-state index contributed by atoms with van der Waals surface area (Å²) >= 11 is 0. The molecule has 1 saturated heterocycles. The van der Waals surface area contributed by atoms with E-state index in [4.69, 9.17) is 9.84 Å². The van der Waals surface area contributed by atoms with E-state index in [1.165, 1.54) is 54.6 Å². The van der Waals surface area contributed by atoms with Gasteiger partial charge in [-0.2, -0.15) is 5.10 Å². The normalized spacial score (nSPS) is 15.8. The number of hydrogen-bond acceptors (Lipinski definition) is 5. The number of rotatable bonds is 6. The molecule has 2 aliphatic rings. The van der Waals surface area contributed by atoms with Gasteiger partial charge in [0, 0.05) is 52.7 Å². The highest BCUT2D eigenvalue weighted by Crippen LogP contribution is 2.35. The number of hydrogen-bond donors (Lipinski definition) is 0. The van der Waals surface area contributed by atoms with Gasteiger partial charge in [0.25, 0.3) is 0 Å². The smallest absolute Gasteiger partial charge is 0.128 e. The van der Waals surface area contributed by atoms with Gasteiger partial charge in [0.1, 0.15) is 5.82 Å². The zero-order valence-corrected chi connectivity index (χ0v) is 21.0. The van der Waals surface area contributed by atoms with E-state index < -0.39 is 0 Å². The van der Waals surface area contributed by atoms with Gasteiger partial charge >= 0.3 is 0 Å². The Morgan fingerprint density at radius 2 is 1.85 bits per heavy atom. The van der Waals surface area contributed by atoms with Crippen LogP contribution >= 0.6 is 0 Å². The molecule has 1 saturated carbocycles. The lowest BCUT2D eigenvalue weighted by molar-refractivity contribution is 0.0968. The van der Waals surface area contributed by atoms with Crippen LogP contribution in [0.3, 0.4) is 0 Å². The van der Waals surface area contributed by atoms with Crippen molar-refractivity contribution in [2.75, 3.05) is 50.7 Å². The first-order valence-corrected chi connectivity index (χ1v) is 12.4. The Kier molecular flexibility index (Phi) is 7.53. The van der Waals surface area contributed by atoms with Crippen LogP contribution in [-0.4, -0.2) is 55.5 Å². The van der Waals surface area contributed by atoms with Crippen LogP contribution in [0.15, 0.2) is 30.5 Å². The van der Waals surface area contributed by atoms with Gasteiger partial charge in [-0.15, -0.1) is 0 Å².